The van der Waals surface area contributed by atoms with Crippen molar-refractivity contribution in [2.75, 3.05) is 0 Å². The summed E-state index contributed by atoms with van der Waals surface area (Å²) in [5.41, 5.74) is 0. The molecule has 4 N–H and O–H groups in total. The molecule has 0 amide bonds. The lowest BCUT2D eigenvalue weighted by Crippen LogP contribution is -2.21. The van der Waals surface area contributed by atoms with Crippen LogP contribution in [0.3, 0.4) is 0 Å². The van der Waals surface area contributed by atoms with Crippen molar-refractivity contribution in [3.8, 4) is 0 Å². The summed E-state index contributed by atoms with van der Waals surface area (Å²) in [6.45, 7) is 0. The Morgan fingerprint density at radius 2 is 0.828 bits per heavy atom. The highest BCUT2D eigenvalue weighted by molar-refractivity contribution is 5.73. The molecular weight excluding hydrogens is 447 g/mol. The molecule has 0 heterocycles. The van der Waals surface area contributed by atoms with Crippen LogP contribution in [0.25, 0.3) is 0 Å². The summed E-state index contributed by atoms with van der Waals surface area (Å²) in [6, 6.07) is 0. The maximum atomic E-state index is 10.6. The molecule has 0 aromatic carbocycles. The number of carboxylic acid groups (broad SMARTS) is 4. The van der Waals surface area contributed by atoms with Gasteiger partial charge in [-0.2, -0.15) is 39.5 Å². The Labute approximate surface area is 153 Å². The molecule has 0 unspecified atom stereocenters. The zero-order valence-corrected chi connectivity index (χ0v) is 13.4. The SMILES string of the molecule is O=C(O)C(F)(F)F.O=C(O)C(F)(F)F.O=C(O)C(F)(F)F.O=CCCCC(=O)O. The van der Waals surface area contributed by atoms with E-state index in [9.17, 15) is 49.1 Å². The monoisotopic (exact) mass is 458 g/mol. The van der Waals surface area contributed by atoms with Gasteiger partial charge in [-0.25, -0.2) is 14.4 Å². The fourth-order valence-corrected chi connectivity index (χ4v) is 0.337. The van der Waals surface area contributed by atoms with Gasteiger partial charge in [0.05, 0.1) is 0 Å². The summed E-state index contributed by atoms with van der Waals surface area (Å²) in [7, 11) is 0. The number of carbonyl (C=O) groups is 5. The van der Waals surface area contributed by atoms with Gasteiger partial charge in [-0.15, -0.1) is 0 Å². The minimum atomic E-state index is -5.08. The third-order valence-electron chi connectivity index (χ3n) is 1.44. The fourth-order valence-electron chi connectivity index (χ4n) is 0.337. The molecule has 0 aromatic rings. The van der Waals surface area contributed by atoms with Crippen LogP contribution in [0.15, 0.2) is 0 Å². The Morgan fingerprint density at radius 1 is 0.621 bits per heavy atom. The van der Waals surface area contributed by atoms with Crippen molar-refractivity contribution in [1.29, 1.82) is 0 Å². The number of rotatable bonds is 4. The molecular formula is C11H11F9O9. The quantitative estimate of drug-likeness (QED) is 0.281. The molecule has 18 heteroatoms. The number of unbranched alkanes of at least 4 members (excludes halogenated alkanes) is 1. The molecule has 172 valence electrons. The molecule has 0 atom stereocenters. The van der Waals surface area contributed by atoms with Crippen molar-refractivity contribution in [3.05, 3.63) is 0 Å². The first kappa shape index (κ1) is 33.5. The largest absolute Gasteiger partial charge is 0.490 e. The van der Waals surface area contributed by atoms with E-state index in [0.717, 1.165) is 6.29 Å². The maximum Gasteiger partial charge on any atom is 0.490 e. The number of aliphatic carboxylic acids is 4. The smallest absolute Gasteiger partial charge is 0.481 e. The van der Waals surface area contributed by atoms with Gasteiger partial charge in [0.2, 0.25) is 0 Å². The molecule has 0 saturated heterocycles. The Kier molecular flexibility index (Phi) is 17.2. The number of alkyl halides is 9. The average molecular weight is 458 g/mol. The number of carbonyl (C=O) groups excluding carboxylic acids is 1. The number of carboxylic acids is 4. The predicted octanol–water partition coefficient (Wildman–Crippen LogP) is 2.34. The van der Waals surface area contributed by atoms with E-state index in [1.54, 1.807) is 0 Å². The van der Waals surface area contributed by atoms with Gasteiger partial charge in [0.1, 0.15) is 6.29 Å². The third-order valence-corrected chi connectivity index (χ3v) is 1.44. The Balaban J connectivity index is -0.000000144. The van der Waals surface area contributed by atoms with E-state index in [2.05, 4.69) is 0 Å². The van der Waals surface area contributed by atoms with Crippen LogP contribution in [0, 0.1) is 0 Å². The van der Waals surface area contributed by atoms with E-state index in [1.807, 2.05) is 0 Å². The van der Waals surface area contributed by atoms with Gasteiger partial charge >= 0.3 is 42.4 Å². The van der Waals surface area contributed by atoms with Gasteiger partial charge in [-0.05, 0) is 6.42 Å². The van der Waals surface area contributed by atoms with E-state index in [0.29, 0.717) is 12.8 Å². The van der Waals surface area contributed by atoms with Crippen molar-refractivity contribution in [1.82, 2.24) is 0 Å². The zero-order valence-electron chi connectivity index (χ0n) is 13.4. The molecule has 0 aliphatic rings. The minimum absolute atomic E-state index is 0.0960. The molecule has 0 radical (unpaired) electrons. The van der Waals surface area contributed by atoms with E-state index in [1.165, 1.54) is 0 Å². The van der Waals surface area contributed by atoms with Crippen molar-refractivity contribution in [2.24, 2.45) is 0 Å². The van der Waals surface area contributed by atoms with Gasteiger partial charge in [0, 0.05) is 12.8 Å². The molecule has 0 aliphatic carbocycles. The normalized spacial score (nSPS) is 10.5. The Hall–Kier alpha value is -3.08. The van der Waals surface area contributed by atoms with Crippen LogP contribution in [0.2, 0.25) is 0 Å². The number of aldehydes is 1. The van der Waals surface area contributed by atoms with E-state index in [4.69, 9.17) is 34.8 Å². The van der Waals surface area contributed by atoms with Gasteiger partial charge in [-0.1, -0.05) is 0 Å². The number of hydrogen-bond acceptors (Lipinski definition) is 5. The molecule has 0 aliphatic heterocycles. The molecule has 9 nitrogen and oxygen atoms in total. The van der Waals surface area contributed by atoms with Gasteiger partial charge in [0.15, 0.2) is 0 Å². The lowest BCUT2D eigenvalue weighted by atomic mass is 10.2. The van der Waals surface area contributed by atoms with Crippen LogP contribution >= 0.6 is 0 Å². The molecule has 0 bridgehead atoms. The highest BCUT2D eigenvalue weighted by atomic mass is 19.4. The van der Waals surface area contributed by atoms with Crippen LogP contribution in [-0.4, -0.2) is 69.1 Å². The molecule has 0 aromatic heterocycles. The van der Waals surface area contributed by atoms with E-state index < -0.39 is 42.4 Å². The fraction of sp³-hybridized carbons (Fsp3) is 0.545. The van der Waals surface area contributed by atoms with Crippen molar-refractivity contribution in [2.45, 2.75) is 37.8 Å². The van der Waals surface area contributed by atoms with Crippen LogP contribution in [0.1, 0.15) is 19.3 Å². The first-order valence-electron chi connectivity index (χ1n) is 6.16. The molecule has 0 saturated carbocycles. The topological polar surface area (TPSA) is 166 Å². The van der Waals surface area contributed by atoms with Crippen molar-refractivity contribution >= 4 is 30.2 Å². The second-order valence-corrected chi connectivity index (χ2v) is 3.86. The van der Waals surface area contributed by atoms with Crippen molar-refractivity contribution in [3.63, 3.8) is 0 Å². The molecule has 0 fully saturated rings. The highest BCUT2D eigenvalue weighted by Gasteiger charge is 2.39. The molecule has 0 spiro atoms. The summed E-state index contributed by atoms with van der Waals surface area (Å²) in [5, 5.41) is 29.4. The highest BCUT2D eigenvalue weighted by Crippen LogP contribution is 2.14. The molecule has 0 rings (SSSR count). The number of halogens is 9. The predicted molar refractivity (Wildman–Crippen MR) is 68.6 cm³/mol. The van der Waals surface area contributed by atoms with E-state index in [-0.39, 0.29) is 6.42 Å². The average Bonchev–Trinajstić information content (AvgIpc) is 2.46. The second-order valence-electron chi connectivity index (χ2n) is 3.86. The summed E-state index contributed by atoms with van der Waals surface area (Å²) < 4.78 is 95.2. The molecule has 29 heavy (non-hydrogen) atoms. The number of hydrogen-bond donors (Lipinski definition) is 4. The summed E-state index contributed by atoms with van der Waals surface area (Å²) in [5.74, 6) is -9.11. The maximum absolute atomic E-state index is 10.6. The van der Waals surface area contributed by atoms with Gasteiger partial charge in [0.25, 0.3) is 0 Å². The first-order valence-corrected chi connectivity index (χ1v) is 6.16. The van der Waals surface area contributed by atoms with Gasteiger partial charge in [-0.3, -0.25) is 4.79 Å². The van der Waals surface area contributed by atoms with Crippen molar-refractivity contribution < 1.29 is 83.9 Å². The lowest BCUT2D eigenvalue weighted by Gasteiger charge is -1.93. The first-order chi connectivity index (χ1) is 12.6. The van der Waals surface area contributed by atoms with Gasteiger partial charge < -0.3 is 25.2 Å². The zero-order chi connectivity index (χ0) is 24.6. The Morgan fingerprint density at radius 3 is 0.931 bits per heavy atom. The minimum Gasteiger partial charge on any atom is -0.481 e. The second kappa shape index (κ2) is 14.9. The van der Waals surface area contributed by atoms with Crippen LogP contribution in [0.5, 0.6) is 0 Å². The summed E-state index contributed by atoms with van der Waals surface area (Å²) in [4.78, 5) is 46.0. The van der Waals surface area contributed by atoms with Crippen LogP contribution in [-0.2, 0) is 24.0 Å². The summed E-state index contributed by atoms with van der Waals surface area (Å²) >= 11 is 0. The summed E-state index contributed by atoms with van der Waals surface area (Å²) in [6.07, 6.45) is -13.6. The Bertz CT molecular complexity index is 478. The van der Waals surface area contributed by atoms with Crippen LogP contribution in [0.4, 0.5) is 39.5 Å². The third kappa shape index (κ3) is 33.0. The van der Waals surface area contributed by atoms with Crippen LogP contribution < -0.4 is 0 Å². The lowest BCUT2D eigenvalue weighted by molar-refractivity contribution is -0.193. The standard InChI is InChI=1S/C5H8O3.3C2HF3O2/c6-4-2-1-3-5(7)8;3*3-2(4,5)1(6)7/h4H,1-3H2,(H,7,8);3*(H,6,7). The van der Waals surface area contributed by atoms with E-state index >= 15 is 0 Å².